The monoisotopic (exact) mass is 339 g/mol. The smallest absolute Gasteiger partial charge is 0.409 e. The van der Waals surface area contributed by atoms with E-state index in [1.54, 1.807) is 11.8 Å². The number of likely N-dealkylation sites (tertiary alicyclic amines) is 1. The number of nitrogens with zero attached hydrogens (tertiary/aromatic N) is 1. The van der Waals surface area contributed by atoms with Crippen molar-refractivity contribution in [2.45, 2.75) is 26.2 Å². The number of amides is 1. The molecule has 0 aromatic rings. The SMILES string of the molecule is C=CC(=O)OCC(C)(COC(=O)C=C)COC(=O)N1CCCCC1. The van der Waals surface area contributed by atoms with E-state index in [2.05, 4.69) is 13.2 Å². The van der Waals surface area contributed by atoms with Crippen LogP contribution in [0.15, 0.2) is 25.3 Å². The molecule has 1 aliphatic heterocycles. The first kappa shape index (κ1) is 19.7. The van der Waals surface area contributed by atoms with Gasteiger partial charge in [-0.3, -0.25) is 0 Å². The molecular formula is C17H25NO6. The lowest BCUT2D eigenvalue weighted by atomic mass is 9.94. The van der Waals surface area contributed by atoms with Crippen LogP contribution in [0.25, 0.3) is 0 Å². The molecular weight excluding hydrogens is 314 g/mol. The quantitative estimate of drug-likeness (QED) is 0.382. The lowest BCUT2D eigenvalue weighted by molar-refractivity contribution is -0.149. The van der Waals surface area contributed by atoms with Crippen molar-refractivity contribution in [3.8, 4) is 0 Å². The minimum absolute atomic E-state index is 0.0445. The van der Waals surface area contributed by atoms with Gasteiger partial charge in [0.15, 0.2) is 0 Å². The molecule has 0 N–H and O–H groups in total. The van der Waals surface area contributed by atoms with Crippen LogP contribution in [0.3, 0.4) is 0 Å². The Morgan fingerprint density at radius 3 is 1.83 bits per heavy atom. The summed E-state index contributed by atoms with van der Waals surface area (Å²) in [7, 11) is 0. The highest BCUT2D eigenvalue weighted by Gasteiger charge is 2.31. The van der Waals surface area contributed by atoms with Crippen LogP contribution in [-0.2, 0) is 23.8 Å². The highest BCUT2D eigenvalue weighted by atomic mass is 16.6. The number of carbonyl (C=O) groups is 3. The van der Waals surface area contributed by atoms with Crippen molar-refractivity contribution in [3.05, 3.63) is 25.3 Å². The maximum atomic E-state index is 12.1. The summed E-state index contributed by atoms with van der Waals surface area (Å²) in [5.74, 6) is -1.20. The molecule has 0 aromatic carbocycles. The fraction of sp³-hybridized carbons (Fsp3) is 0.588. The first-order valence-corrected chi connectivity index (χ1v) is 7.90. The zero-order valence-corrected chi connectivity index (χ0v) is 14.1. The second kappa shape index (κ2) is 9.75. The summed E-state index contributed by atoms with van der Waals surface area (Å²) < 4.78 is 15.4. The summed E-state index contributed by atoms with van der Waals surface area (Å²) in [4.78, 5) is 36.3. The van der Waals surface area contributed by atoms with Crippen LogP contribution < -0.4 is 0 Å². The molecule has 0 unspecified atom stereocenters. The Kier molecular flexibility index (Phi) is 8.01. The maximum absolute atomic E-state index is 12.1. The van der Waals surface area contributed by atoms with Crippen molar-refractivity contribution >= 4 is 18.0 Å². The van der Waals surface area contributed by atoms with Gasteiger partial charge < -0.3 is 19.1 Å². The number of carbonyl (C=O) groups excluding carboxylic acids is 3. The lowest BCUT2D eigenvalue weighted by Gasteiger charge is -2.30. The van der Waals surface area contributed by atoms with Gasteiger partial charge in [0.25, 0.3) is 0 Å². The van der Waals surface area contributed by atoms with E-state index in [9.17, 15) is 14.4 Å². The van der Waals surface area contributed by atoms with Crippen LogP contribution in [0.2, 0.25) is 0 Å². The first-order chi connectivity index (χ1) is 11.4. The van der Waals surface area contributed by atoms with Crippen molar-refractivity contribution in [3.63, 3.8) is 0 Å². The molecule has 7 heteroatoms. The highest BCUT2D eigenvalue weighted by Crippen LogP contribution is 2.20. The Labute approximate surface area is 142 Å². The van der Waals surface area contributed by atoms with E-state index in [4.69, 9.17) is 14.2 Å². The molecule has 0 spiro atoms. The summed E-state index contributed by atoms with van der Waals surface area (Å²) in [5.41, 5.74) is -0.858. The molecule has 1 heterocycles. The molecule has 0 aliphatic carbocycles. The van der Waals surface area contributed by atoms with E-state index in [0.717, 1.165) is 31.4 Å². The second-order valence-corrected chi connectivity index (χ2v) is 6.04. The Bertz CT molecular complexity index is 457. The van der Waals surface area contributed by atoms with E-state index in [0.29, 0.717) is 13.1 Å². The third kappa shape index (κ3) is 6.85. The third-order valence-corrected chi connectivity index (χ3v) is 3.62. The summed E-state index contributed by atoms with van der Waals surface area (Å²) in [5, 5.41) is 0. The van der Waals surface area contributed by atoms with Gasteiger partial charge in [-0.25, -0.2) is 14.4 Å². The number of rotatable bonds is 8. The van der Waals surface area contributed by atoms with Crippen molar-refractivity contribution < 1.29 is 28.6 Å². The number of hydrogen-bond acceptors (Lipinski definition) is 6. The molecule has 0 aromatic heterocycles. The number of ether oxygens (including phenoxy) is 3. The van der Waals surface area contributed by atoms with Crippen LogP contribution in [0.4, 0.5) is 4.79 Å². The molecule has 1 rings (SSSR count). The molecule has 1 aliphatic rings. The van der Waals surface area contributed by atoms with E-state index in [1.165, 1.54) is 0 Å². The largest absolute Gasteiger partial charge is 0.462 e. The van der Waals surface area contributed by atoms with Gasteiger partial charge >= 0.3 is 18.0 Å². The Balaban J connectivity index is 2.59. The van der Waals surface area contributed by atoms with Gasteiger partial charge in [0, 0.05) is 25.2 Å². The van der Waals surface area contributed by atoms with Gasteiger partial charge in [0.1, 0.15) is 19.8 Å². The van der Waals surface area contributed by atoms with Gasteiger partial charge in [-0.15, -0.1) is 0 Å². The van der Waals surface area contributed by atoms with Crippen LogP contribution in [0, 0.1) is 5.41 Å². The van der Waals surface area contributed by atoms with Crippen LogP contribution in [-0.4, -0.2) is 55.8 Å². The fourth-order valence-corrected chi connectivity index (χ4v) is 2.14. The average Bonchev–Trinajstić information content (AvgIpc) is 2.63. The predicted molar refractivity (Wildman–Crippen MR) is 87.2 cm³/mol. The number of hydrogen-bond donors (Lipinski definition) is 0. The summed E-state index contributed by atoms with van der Waals surface area (Å²) >= 11 is 0. The van der Waals surface area contributed by atoms with Gasteiger partial charge in [-0.1, -0.05) is 13.2 Å². The second-order valence-electron chi connectivity index (χ2n) is 6.04. The summed E-state index contributed by atoms with van der Waals surface area (Å²) in [6, 6.07) is 0. The fourth-order valence-electron chi connectivity index (χ4n) is 2.14. The highest BCUT2D eigenvalue weighted by molar-refractivity contribution is 5.81. The van der Waals surface area contributed by atoms with Crippen LogP contribution in [0.5, 0.6) is 0 Å². The molecule has 7 nitrogen and oxygen atoms in total. The molecule has 0 saturated carbocycles. The zero-order chi connectivity index (χ0) is 18.0. The van der Waals surface area contributed by atoms with Gasteiger partial charge in [-0.05, 0) is 26.2 Å². The topological polar surface area (TPSA) is 82.1 Å². The normalized spacial score (nSPS) is 14.5. The lowest BCUT2D eigenvalue weighted by Crippen LogP contribution is -2.41. The Hall–Kier alpha value is -2.31. The van der Waals surface area contributed by atoms with E-state index < -0.39 is 23.4 Å². The maximum Gasteiger partial charge on any atom is 0.409 e. The van der Waals surface area contributed by atoms with Crippen LogP contribution in [0.1, 0.15) is 26.2 Å². The van der Waals surface area contributed by atoms with Gasteiger partial charge in [0.2, 0.25) is 0 Å². The summed E-state index contributed by atoms with van der Waals surface area (Å²) in [6.45, 7) is 9.49. The Morgan fingerprint density at radius 1 is 0.917 bits per heavy atom. The number of piperidine rings is 1. The zero-order valence-electron chi connectivity index (χ0n) is 14.1. The Morgan fingerprint density at radius 2 is 1.38 bits per heavy atom. The number of esters is 2. The molecule has 1 fully saturated rings. The van der Waals surface area contributed by atoms with E-state index >= 15 is 0 Å². The average molecular weight is 339 g/mol. The van der Waals surface area contributed by atoms with Crippen LogP contribution >= 0.6 is 0 Å². The van der Waals surface area contributed by atoms with E-state index in [1.807, 2.05) is 0 Å². The third-order valence-electron chi connectivity index (χ3n) is 3.62. The standard InChI is InChI=1S/C17H25NO6/c1-4-14(19)22-11-17(3,12-23-15(20)5-2)13-24-16(21)18-9-7-6-8-10-18/h4-5H,1-2,6-13H2,3H3. The predicted octanol–water partition coefficient (Wildman–Crippen LogP) is 2.07. The molecule has 0 radical (unpaired) electrons. The van der Waals surface area contributed by atoms with Gasteiger partial charge in [-0.2, -0.15) is 0 Å². The van der Waals surface area contributed by atoms with Gasteiger partial charge in [0.05, 0.1) is 5.41 Å². The van der Waals surface area contributed by atoms with E-state index in [-0.39, 0.29) is 19.8 Å². The molecule has 134 valence electrons. The first-order valence-electron chi connectivity index (χ1n) is 7.90. The molecule has 0 atom stereocenters. The van der Waals surface area contributed by atoms with Crippen molar-refractivity contribution in [2.75, 3.05) is 32.9 Å². The molecule has 1 amide bonds. The molecule has 1 saturated heterocycles. The van der Waals surface area contributed by atoms with Crippen molar-refractivity contribution in [1.82, 2.24) is 4.90 Å². The molecule has 0 bridgehead atoms. The van der Waals surface area contributed by atoms with Crippen molar-refractivity contribution in [1.29, 1.82) is 0 Å². The minimum Gasteiger partial charge on any atom is -0.462 e. The summed E-state index contributed by atoms with van der Waals surface area (Å²) in [6.07, 6.45) is 4.69. The minimum atomic E-state index is -0.858. The van der Waals surface area contributed by atoms with Crippen molar-refractivity contribution in [2.24, 2.45) is 5.41 Å². The molecule has 24 heavy (non-hydrogen) atoms.